The first-order valence-electron chi connectivity index (χ1n) is 12.1. The number of piperazine rings is 1. The standard InChI is InChI=1S/C24H32N8OS/c1-17-12-20(29-23(28-17)33-19-6-4-3-5-7-19)21-14-27-24(34-21)30-22-15-25-18(13-26-22)16-32-10-8-31(2)9-11-32/h12-15,19H,3-11,16H2,1-2H3,(H,26,27,30). The highest BCUT2D eigenvalue weighted by molar-refractivity contribution is 7.18. The molecule has 9 nitrogen and oxygen atoms in total. The van der Waals surface area contributed by atoms with Crippen molar-refractivity contribution in [2.45, 2.75) is 51.7 Å². The second-order valence-corrected chi connectivity index (χ2v) is 10.2. The van der Waals surface area contributed by atoms with E-state index in [1.165, 1.54) is 30.6 Å². The molecule has 1 N–H and O–H groups in total. The van der Waals surface area contributed by atoms with Gasteiger partial charge in [0, 0.05) is 44.6 Å². The van der Waals surface area contributed by atoms with E-state index in [1.807, 2.05) is 25.4 Å². The fourth-order valence-corrected chi connectivity index (χ4v) is 5.13. The highest BCUT2D eigenvalue weighted by atomic mass is 32.1. The van der Waals surface area contributed by atoms with Crippen LogP contribution in [-0.2, 0) is 6.54 Å². The molecule has 3 aromatic rings. The maximum Gasteiger partial charge on any atom is 0.317 e. The zero-order chi connectivity index (χ0) is 23.3. The molecule has 0 unspecified atom stereocenters. The molecule has 2 aliphatic rings. The Bertz CT molecular complexity index is 1070. The lowest BCUT2D eigenvalue weighted by molar-refractivity contribution is 0.142. The largest absolute Gasteiger partial charge is 0.460 e. The summed E-state index contributed by atoms with van der Waals surface area (Å²) in [7, 11) is 2.16. The van der Waals surface area contributed by atoms with Crippen LogP contribution in [-0.4, -0.2) is 74.1 Å². The minimum Gasteiger partial charge on any atom is -0.460 e. The SMILES string of the molecule is Cc1cc(-c2cnc(Nc3cnc(CN4CCN(C)CC4)cn3)s2)nc(OC2CCCCC2)n1. The van der Waals surface area contributed by atoms with Crippen LogP contribution in [0.25, 0.3) is 10.6 Å². The third-order valence-electron chi connectivity index (χ3n) is 6.34. The average molecular weight is 481 g/mol. The predicted molar refractivity (Wildman–Crippen MR) is 133 cm³/mol. The molecule has 1 saturated carbocycles. The van der Waals surface area contributed by atoms with Crippen molar-refractivity contribution in [3.8, 4) is 16.6 Å². The number of ether oxygens (including phenoxy) is 1. The summed E-state index contributed by atoms with van der Waals surface area (Å²) in [5.41, 5.74) is 2.70. The first-order valence-corrected chi connectivity index (χ1v) is 12.9. The Morgan fingerprint density at radius 1 is 1.00 bits per heavy atom. The van der Waals surface area contributed by atoms with Crippen molar-refractivity contribution in [2.24, 2.45) is 0 Å². The van der Waals surface area contributed by atoms with E-state index in [0.717, 1.165) is 72.7 Å². The van der Waals surface area contributed by atoms with Crippen LogP contribution in [0.1, 0.15) is 43.5 Å². The number of rotatable bonds is 7. The van der Waals surface area contributed by atoms with Crippen molar-refractivity contribution >= 4 is 22.3 Å². The summed E-state index contributed by atoms with van der Waals surface area (Å²) < 4.78 is 6.09. The summed E-state index contributed by atoms with van der Waals surface area (Å²) in [5, 5.41) is 4.02. The van der Waals surface area contributed by atoms with E-state index in [2.05, 4.69) is 47.1 Å². The molecule has 0 amide bonds. The van der Waals surface area contributed by atoms with E-state index in [1.54, 1.807) is 6.20 Å². The first-order chi connectivity index (χ1) is 16.6. The van der Waals surface area contributed by atoms with Gasteiger partial charge in [0.1, 0.15) is 6.10 Å². The number of nitrogens with one attached hydrogen (secondary N) is 1. The fourth-order valence-electron chi connectivity index (χ4n) is 4.35. The lowest BCUT2D eigenvalue weighted by Gasteiger charge is -2.31. The second kappa shape index (κ2) is 10.7. The van der Waals surface area contributed by atoms with Crippen LogP contribution >= 0.6 is 11.3 Å². The fraction of sp³-hybridized carbons (Fsp3) is 0.542. The van der Waals surface area contributed by atoms with Crippen LogP contribution in [0.5, 0.6) is 6.01 Å². The van der Waals surface area contributed by atoms with Gasteiger partial charge < -0.3 is 15.0 Å². The third-order valence-corrected chi connectivity index (χ3v) is 7.27. The molecular formula is C24H32N8OS. The first kappa shape index (κ1) is 23.1. The Morgan fingerprint density at radius 3 is 2.59 bits per heavy atom. The quantitative estimate of drug-likeness (QED) is 0.540. The molecule has 180 valence electrons. The summed E-state index contributed by atoms with van der Waals surface area (Å²) in [6, 6.07) is 2.43. The predicted octanol–water partition coefficient (Wildman–Crippen LogP) is 3.90. The monoisotopic (exact) mass is 480 g/mol. The number of aryl methyl sites for hydroxylation is 1. The lowest BCUT2D eigenvalue weighted by atomic mass is 9.98. The van der Waals surface area contributed by atoms with Crippen molar-refractivity contribution in [3.05, 3.63) is 36.0 Å². The van der Waals surface area contributed by atoms with E-state index in [4.69, 9.17) is 4.74 Å². The summed E-state index contributed by atoms with van der Waals surface area (Å²) in [6.45, 7) is 7.13. The molecule has 0 atom stereocenters. The molecule has 0 aromatic carbocycles. The molecule has 0 spiro atoms. The average Bonchev–Trinajstić information content (AvgIpc) is 3.31. The van der Waals surface area contributed by atoms with Gasteiger partial charge in [0.25, 0.3) is 0 Å². The highest BCUT2D eigenvalue weighted by Gasteiger charge is 2.18. The van der Waals surface area contributed by atoms with Gasteiger partial charge in [-0.15, -0.1) is 0 Å². The number of aromatic nitrogens is 5. The molecule has 5 rings (SSSR count). The van der Waals surface area contributed by atoms with Gasteiger partial charge in [-0.25, -0.2) is 15.0 Å². The van der Waals surface area contributed by atoms with Crippen LogP contribution in [0, 0.1) is 6.92 Å². The number of hydrogen-bond acceptors (Lipinski definition) is 10. The van der Waals surface area contributed by atoms with Gasteiger partial charge >= 0.3 is 6.01 Å². The molecule has 1 aliphatic carbocycles. The topological polar surface area (TPSA) is 92.2 Å². The number of likely N-dealkylation sites (N-methyl/N-ethyl adjacent to an activating group) is 1. The summed E-state index contributed by atoms with van der Waals surface area (Å²) in [4.78, 5) is 28.5. The molecule has 1 aliphatic heterocycles. The van der Waals surface area contributed by atoms with E-state index in [0.29, 0.717) is 11.8 Å². The van der Waals surface area contributed by atoms with Gasteiger partial charge in [0.15, 0.2) is 10.9 Å². The van der Waals surface area contributed by atoms with Crippen LogP contribution in [0.15, 0.2) is 24.7 Å². The molecule has 4 heterocycles. The van der Waals surface area contributed by atoms with E-state index in [9.17, 15) is 0 Å². The van der Waals surface area contributed by atoms with Crippen LogP contribution < -0.4 is 10.1 Å². The maximum atomic E-state index is 6.09. The normalized spacial score (nSPS) is 18.2. The Kier molecular flexibility index (Phi) is 7.27. The molecular weight excluding hydrogens is 448 g/mol. The Labute approximate surface area is 204 Å². The van der Waals surface area contributed by atoms with Gasteiger partial charge in [-0.05, 0) is 45.7 Å². The summed E-state index contributed by atoms with van der Waals surface area (Å²) in [5.74, 6) is 0.684. The van der Waals surface area contributed by atoms with Gasteiger partial charge in [-0.3, -0.25) is 9.88 Å². The van der Waals surface area contributed by atoms with Gasteiger partial charge in [-0.2, -0.15) is 4.98 Å². The van der Waals surface area contributed by atoms with E-state index in [-0.39, 0.29) is 6.10 Å². The molecule has 0 radical (unpaired) electrons. The smallest absolute Gasteiger partial charge is 0.317 e. The number of hydrogen-bond donors (Lipinski definition) is 1. The van der Waals surface area contributed by atoms with Crippen molar-refractivity contribution in [1.82, 2.24) is 34.7 Å². The maximum absolute atomic E-state index is 6.09. The summed E-state index contributed by atoms with van der Waals surface area (Å²) >= 11 is 1.53. The Balaban J connectivity index is 1.21. The highest BCUT2D eigenvalue weighted by Crippen LogP contribution is 2.31. The van der Waals surface area contributed by atoms with Crippen molar-refractivity contribution in [1.29, 1.82) is 0 Å². The second-order valence-electron chi connectivity index (χ2n) is 9.18. The third kappa shape index (κ3) is 6.05. The van der Waals surface area contributed by atoms with E-state index < -0.39 is 0 Å². The zero-order valence-corrected chi connectivity index (χ0v) is 20.7. The Morgan fingerprint density at radius 2 is 1.82 bits per heavy atom. The van der Waals surface area contributed by atoms with Gasteiger partial charge in [-0.1, -0.05) is 17.8 Å². The van der Waals surface area contributed by atoms with Crippen molar-refractivity contribution in [3.63, 3.8) is 0 Å². The zero-order valence-electron chi connectivity index (χ0n) is 19.9. The molecule has 2 fully saturated rings. The molecule has 10 heteroatoms. The van der Waals surface area contributed by atoms with Gasteiger partial charge in [0.2, 0.25) is 0 Å². The molecule has 1 saturated heterocycles. The minimum atomic E-state index is 0.222. The van der Waals surface area contributed by atoms with E-state index >= 15 is 0 Å². The van der Waals surface area contributed by atoms with Crippen LogP contribution in [0.4, 0.5) is 10.9 Å². The number of anilines is 2. The van der Waals surface area contributed by atoms with Gasteiger partial charge in [0.05, 0.1) is 28.7 Å². The van der Waals surface area contributed by atoms with Crippen molar-refractivity contribution < 1.29 is 4.74 Å². The van der Waals surface area contributed by atoms with Crippen LogP contribution in [0.2, 0.25) is 0 Å². The summed E-state index contributed by atoms with van der Waals surface area (Å²) in [6.07, 6.45) is 11.6. The van der Waals surface area contributed by atoms with Crippen LogP contribution in [0.3, 0.4) is 0 Å². The molecule has 0 bridgehead atoms. The number of thiazole rings is 1. The number of nitrogens with zero attached hydrogens (tertiary/aromatic N) is 7. The van der Waals surface area contributed by atoms with Crippen molar-refractivity contribution in [2.75, 3.05) is 38.5 Å². The molecule has 34 heavy (non-hydrogen) atoms. The minimum absolute atomic E-state index is 0.222. The molecule has 3 aromatic heterocycles. The lowest BCUT2D eigenvalue weighted by Crippen LogP contribution is -2.44. The Hall–Kier alpha value is -2.69.